The van der Waals surface area contributed by atoms with Crippen LogP contribution in [0.25, 0.3) is 0 Å². The summed E-state index contributed by atoms with van der Waals surface area (Å²) in [5, 5.41) is 3.25. The van der Waals surface area contributed by atoms with Crippen molar-refractivity contribution >= 4 is 29.0 Å². The number of Topliss-reactive ketones (excluding diaryl/α,β-unsaturated/α-hetero) is 1. The molecule has 3 N–H and O–H groups in total. The number of amides is 1. The van der Waals surface area contributed by atoms with Crippen molar-refractivity contribution in [3.8, 4) is 0 Å². The Morgan fingerprint density at radius 2 is 1.88 bits per heavy atom. The molecule has 0 aliphatic heterocycles. The summed E-state index contributed by atoms with van der Waals surface area (Å²) < 4.78 is 4.98. The predicted octanol–water partition coefficient (Wildman–Crippen LogP) is 1.80. The maximum Gasteiger partial charge on any atom is 0.238 e. The van der Waals surface area contributed by atoms with Gasteiger partial charge in [-0.2, -0.15) is 0 Å². The Morgan fingerprint density at radius 3 is 2.50 bits per heavy atom. The number of hydrazine groups is 1. The molecule has 132 valence electrons. The van der Waals surface area contributed by atoms with Crippen LogP contribution >= 0.6 is 12.2 Å². The van der Waals surface area contributed by atoms with Gasteiger partial charge in [0, 0.05) is 31.6 Å². The van der Waals surface area contributed by atoms with Crippen LogP contribution in [0.15, 0.2) is 18.2 Å². The Kier molecular flexibility index (Phi) is 8.35. The second-order valence-electron chi connectivity index (χ2n) is 5.73. The standard InChI is InChI=1S/C17H25N3O3S/c1-11-5-6-14(9-12(11)2)15(21)7-8-16(22)19-20-17(24)18-13(3)10-23-4/h5-6,9,13H,7-8,10H2,1-4H3,(H,19,22)(H2,18,20,24)/t13-/m0/s1. The SMILES string of the molecule is COC[C@H](C)NC(=S)NNC(=O)CCC(=O)c1ccc(C)c(C)c1. The third-order valence-electron chi connectivity index (χ3n) is 3.52. The number of rotatable bonds is 7. The van der Waals surface area contributed by atoms with Crippen LogP contribution in [0.3, 0.4) is 0 Å². The lowest BCUT2D eigenvalue weighted by Crippen LogP contribution is -2.49. The molecule has 1 rings (SSSR count). The summed E-state index contributed by atoms with van der Waals surface area (Å²) in [4.78, 5) is 23.9. The molecule has 1 aromatic carbocycles. The Bertz CT molecular complexity index is 605. The summed E-state index contributed by atoms with van der Waals surface area (Å²) in [5.74, 6) is -0.349. The smallest absolute Gasteiger partial charge is 0.238 e. The second kappa shape index (κ2) is 10.00. The number of nitrogens with one attached hydrogen (secondary N) is 3. The van der Waals surface area contributed by atoms with E-state index in [9.17, 15) is 9.59 Å². The van der Waals surface area contributed by atoms with Gasteiger partial charge in [0.2, 0.25) is 5.91 Å². The second-order valence-corrected chi connectivity index (χ2v) is 6.13. The molecule has 0 radical (unpaired) electrons. The predicted molar refractivity (Wildman–Crippen MR) is 97.8 cm³/mol. The number of hydrogen-bond acceptors (Lipinski definition) is 4. The first-order valence-electron chi connectivity index (χ1n) is 7.78. The van der Waals surface area contributed by atoms with Crippen LogP contribution in [0.1, 0.15) is 41.3 Å². The fraction of sp³-hybridized carbons (Fsp3) is 0.471. The van der Waals surface area contributed by atoms with Crippen LogP contribution in [0.5, 0.6) is 0 Å². The summed E-state index contributed by atoms with van der Waals surface area (Å²) in [6.45, 7) is 6.36. The van der Waals surface area contributed by atoms with E-state index >= 15 is 0 Å². The maximum absolute atomic E-state index is 12.1. The van der Waals surface area contributed by atoms with E-state index in [0.717, 1.165) is 11.1 Å². The van der Waals surface area contributed by atoms with Crippen molar-refractivity contribution in [2.24, 2.45) is 0 Å². The van der Waals surface area contributed by atoms with Crippen molar-refractivity contribution < 1.29 is 14.3 Å². The first-order chi connectivity index (χ1) is 11.3. The molecule has 7 heteroatoms. The van der Waals surface area contributed by atoms with Crippen LogP contribution in [-0.4, -0.2) is 36.6 Å². The molecule has 0 aromatic heterocycles. The van der Waals surface area contributed by atoms with Gasteiger partial charge >= 0.3 is 0 Å². The van der Waals surface area contributed by atoms with Gasteiger partial charge < -0.3 is 10.1 Å². The van der Waals surface area contributed by atoms with Gasteiger partial charge in [-0.15, -0.1) is 0 Å². The Morgan fingerprint density at radius 1 is 1.17 bits per heavy atom. The van der Waals surface area contributed by atoms with E-state index in [4.69, 9.17) is 17.0 Å². The molecule has 1 amide bonds. The van der Waals surface area contributed by atoms with E-state index in [1.165, 1.54) is 0 Å². The lowest BCUT2D eigenvalue weighted by atomic mass is 10.0. The van der Waals surface area contributed by atoms with E-state index in [2.05, 4.69) is 16.2 Å². The zero-order valence-electron chi connectivity index (χ0n) is 14.6. The maximum atomic E-state index is 12.1. The van der Waals surface area contributed by atoms with Crippen molar-refractivity contribution in [1.82, 2.24) is 16.2 Å². The van der Waals surface area contributed by atoms with Gasteiger partial charge in [0.05, 0.1) is 6.61 Å². The number of benzene rings is 1. The quantitative estimate of drug-likeness (QED) is 0.395. The van der Waals surface area contributed by atoms with Gasteiger partial charge in [-0.05, 0) is 50.2 Å². The number of ether oxygens (including phenoxy) is 1. The summed E-state index contributed by atoms with van der Waals surface area (Å²) >= 11 is 5.04. The zero-order chi connectivity index (χ0) is 18.1. The highest BCUT2D eigenvalue weighted by atomic mass is 32.1. The van der Waals surface area contributed by atoms with Gasteiger partial charge in [0.15, 0.2) is 10.9 Å². The first kappa shape index (κ1) is 20.1. The van der Waals surface area contributed by atoms with Gasteiger partial charge in [-0.3, -0.25) is 20.4 Å². The minimum absolute atomic E-state index is 0.0262. The molecule has 0 fully saturated rings. The number of carbonyl (C=O) groups is 2. The van der Waals surface area contributed by atoms with Crippen LogP contribution in [0, 0.1) is 13.8 Å². The summed E-state index contributed by atoms with van der Waals surface area (Å²) in [6, 6.07) is 5.58. The van der Waals surface area contributed by atoms with Crippen molar-refractivity contribution in [2.75, 3.05) is 13.7 Å². The third-order valence-corrected chi connectivity index (χ3v) is 3.74. The minimum atomic E-state index is -0.296. The Balaban J connectivity index is 2.34. The monoisotopic (exact) mass is 351 g/mol. The molecular weight excluding hydrogens is 326 g/mol. The van der Waals surface area contributed by atoms with E-state index in [1.54, 1.807) is 13.2 Å². The van der Waals surface area contributed by atoms with Crippen LogP contribution < -0.4 is 16.2 Å². The molecule has 0 spiro atoms. The van der Waals surface area contributed by atoms with Gasteiger partial charge in [0.25, 0.3) is 0 Å². The fourth-order valence-electron chi connectivity index (χ4n) is 2.03. The van der Waals surface area contributed by atoms with Crippen molar-refractivity contribution in [3.05, 3.63) is 34.9 Å². The first-order valence-corrected chi connectivity index (χ1v) is 8.19. The normalized spacial score (nSPS) is 11.5. The molecule has 0 saturated carbocycles. The zero-order valence-corrected chi connectivity index (χ0v) is 15.4. The van der Waals surface area contributed by atoms with Crippen molar-refractivity contribution in [3.63, 3.8) is 0 Å². The lowest BCUT2D eigenvalue weighted by molar-refractivity contribution is -0.121. The van der Waals surface area contributed by atoms with Crippen molar-refractivity contribution in [1.29, 1.82) is 0 Å². The van der Waals surface area contributed by atoms with Crippen LogP contribution in [-0.2, 0) is 9.53 Å². The van der Waals surface area contributed by atoms with E-state index < -0.39 is 0 Å². The highest BCUT2D eigenvalue weighted by Crippen LogP contribution is 2.12. The molecule has 0 aliphatic rings. The highest BCUT2D eigenvalue weighted by molar-refractivity contribution is 7.80. The average Bonchev–Trinajstić information content (AvgIpc) is 2.53. The molecule has 6 nitrogen and oxygen atoms in total. The third kappa shape index (κ3) is 7.06. The van der Waals surface area contributed by atoms with E-state index in [-0.39, 0.29) is 30.6 Å². The van der Waals surface area contributed by atoms with Gasteiger partial charge in [-0.1, -0.05) is 12.1 Å². The molecule has 0 saturated heterocycles. The number of hydrogen-bond donors (Lipinski definition) is 3. The molecule has 1 aromatic rings. The highest BCUT2D eigenvalue weighted by Gasteiger charge is 2.11. The Hall–Kier alpha value is -1.99. The molecule has 24 heavy (non-hydrogen) atoms. The van der Waals surface area contributed by atoms with Crippen LogP contribution in [0.4, 0.5) is 0 Å². The number of aryl methyl sites for hydroxylation is 2. The molecule has 0 unspecified atom stereocenters. The van der Waals surface area contributed by atoms with Gasteiger partial charge in [-0.25, -0.2) is 0 Å². The number of ketones is 1. The molecular formula is C17H25N3O3S. The summed E-state index contributed by atoms with van der Waals surface area (Å²) in [6.07, 6.45) is 0.241. The number of carbonyl (C=O) groups excluding carboxylic acids is 2. The van der Waals surface area contributed by atoms with E-state index in [0.29, 0.717) is 17.3 Å². The lowest BCUT2D eigenvalue weighted by Gasteiger charge is -2.16. The molecule has 0 heterocycles. The minimum Gasteiger partial charge on any atom is -0.383 e. The average molecular weight is 351 g/mol. The fourth-order valence-corrected chi connectivity index (χ4v) is 2.28. The van der Waals surface area contributed by atoms with Crippen LogP contribution in [0.2, 0.25) is 0 Å². The topological polar surface area (TPSA) is 79.5 Å². The summed E-state index contributed by atoms with van der Waals surface area (Å²) in [7, 11) is 1.60. The van der Waals surface area contributed by atoms with Crippen molar-refractivity contribution in [2.45, 2.75) is 39.7 Å². The number of thiocarbonyl (C=S) groups is 1. The number of methoxy groups -OCH3 is 1. The summed E-state index contributed by atoms with van der Waals surface area (Å²) in [5.41, 5.74) is 7.91. The van der Waals surface area contributed by atoms with Gasteiger partial charge in [0.1, 0.15) is 0 Å². The largest absolute Gasteiger partial charge is 0.383 e. The Labute approximate surface area is 148 Å². The molecule has 0 aliphatic carbocycles. The molecule has 0 bridgehead atoms. The van der Waals surface area contributed by atoms with E-state index in [1.807, 2.05) is 32.9 Å². The molecule has 1 atom stereocenters.